The van der Waals surface area contributed by atoms with E-state index in [0.717, 1.165) is 18.7 Å². The summed E-state index contributed by atoms with van der Waals surface area (Å²) in [5, 5.41) is 0. The van der Waals surface area contributed by atoms with Gasteiger partial charge in [-0.25, -0.2) is 18.1 Å². The van der Waals surface area contributed by atoms with Crippen LogP contribution in [0.15, 0.2) is 36.7 Å². The van der Waals surface area contributed by atoms with Gasteiger partial charge in [0.25, 0.3) is 5.91 Å². The molecule has 1 aliphatic rings. The number of carbonyl (C=O) groups excluding carboxylic acids is 1. The van der Waals surface area contributed by atoms with Gasteiger partial charge in [-0.15, -0.1) is 0 Å². The smallest absolute Gasteiger partial charge is 0.253 e. The van der Waals surface area contributed by atoms with Crippen molar-refractivity contribution in [2.24, 2.45) is 7.05 Å². The largest absolute Gasteiger partial charge is 0.486 e. The molecule has 0 saturated carbocycles. The lowest BCUT2D eigenvalue weighted by Gasteiger charge is -2.33. The van der Waals surface area contributed by atoms with E-state index in [2.05, 4.69) is 9.71 Å². The van der Waals surface area contributed by atoms with Gasteiger partial charge in [-0.1, -0.05) is 0 Å². The Bertz CT molecular complexity index is 908. The molecule has 9 heteroatoms. The van der Waals surface area contributed by atoms with Crippen LogP contribution in [0.5, 0.6) is 5.75 Å². The molecule has 1 atom stereocenters. The molecule has 1 amide bonds. The monoisotopic (exact) mass is 406 g/mol. The fourth-order valence-corrected chi connectivity index (χ4v) is 4.02. The molecule has 1 fully saturated rings. The number of hydrogen-bond donors (Lipinski definition) is 1. The van der Waals surface area contributed by atoms with E-state index in [9.17, 15) is 13.2 Å². The topological polar surface area (TPSA) is 93.5 Å². The first-order valence-corrected chi connectivity index (χ1v) is 11.0. The Labute approximate surface area is 165 Å². The Balaban J connectivity index is 1.58. The first-order chi connectivity index (χ1) is 13.4. The van der Waals surface area contributed by atoms with Crippen LogP contribution in [-0.4, -0.2) is 53.7 Å². The third kappa shape index (κ3) is 5.11. The summed E-state index contributed by atoms with van der Waals surface area (Å²) in [4.78, 5) is 18.7. The van der Waals surface area contributed by atoms with Crippen LogP contribution in [0.1, 0.15) is 35.9 Å². The van der Waals surface area contributed by atoms with Crippen LogP contribution in [0.25, 0.3) is 0 Å². The van der Waals surface area contributed by atoms with Gasteiger partial charge < -0.3 is 14.2 Å². The molecule has 8 nitrogen and oxygen atoms in total. The normalized spacial score (nSPS) is 17.5. The van der Waals surface area contributed by atoms with Crippen LogP contribution in [0, 0.1) is 0 Å². The molecule has 0 bridgehead atoms. The second kappa shape index (κ2) is 8.74. The molecule has 28 heavy (non-hydrogen) atoms. The molecule has 1 aromatic carbocycles. The molecule has 2 heterocycles. The number of rotatable bonds is 7. The highest BCUT2D eigenvalue weighted by Crippen LogP contribution is 2.18. The predicted octanol–water partition coefficient (Wildman–Crippen LogP) is 1.54. The average molecular weight is 407 g/mol. The van der Waals surface area contributed by atoms with Crippen molar-refractivity contribution in [2.45, 2.75) is 32.4 Å². The van der Waals surface area contributed by atoms with Crippen molar-refractivity contribution in [1.82, 2.24) is 19.2 Å². The van der Waals surface area contributed by atoms with Crippen LogP contribution < -0.4 is 9.46 Å². The average Bonchev–Trinajstić information content (AvgIpc) is 3.11. The lowest BCUT2D eigenvalue weighted by atomic mass is 10.1. The summed E-state index contributed by atoms with van der Waals surface area (Å²) in [6, 6.07) is 6.75. The van der Waals surface area contributed by atoms with Crippen LogP contribution in [0.4, 0.5) is 0 Å². The SMILES string of the molecule is CCS(=O)(=O)N[C@H]1CCCN(C(=O)c2ccc(OCc3nccn3C)cc2)C1. The molecule has 0 aliphatic carbocycles. The number of piperidine rings is 1. The van der Waals surface area contributed by atoms with Gasteiger partial charge in [0.1, 0.15) is 18.2 Å². The Hall–Kier alpha value is -2.39. The highest BCUT2D eigenvalue weighted by atomic mass is 32.2. The molecule has 152 valence electrons. The third-order valence-corrected chi connectivity index (χ3v) is 6.28. The maximum absolute atomic E-state index is 12.8. The Morgan fingerprint density at radius 3 is 2.71 bits per heavy atom. The summed E-state index contributed by atoms with van der Waals surface area (Å²) in [6.45, 7) is 2.96. The standard InChI is InChI=1S/C19H26N4O4S/c1-3-28(25,26)21-16-5-4-11-23(13-16)19(24)15-6-8-17(9-7-15)27-14-18-20-10-12-22(18)2/h6-10,12,16,21H,3-5,11,13-14H2,1-2H3/t16-/m0/s1. The molecule has 0 radical (unpaired) electrons. The van der Waals surface area contributed by atoms with Crippen molar-refractivity contribution in [1.29, 1.82) is 0 Å². The number of aromatic nitrogens is 2. The number of benzene rings is 1. The number of aryl methyl sites for hydroxylation is 1. The number of nitrogens with one attached hydrogen (secondary N) is 1. The molecule has 1 aliphatic heterocycles. The summed E-state index contributed by atoms with van der Waals surface area (Å²) in [5.74, 6) is 1.41. The van der Waals surface area contributed by atoms with E-state index in [-0.39, 0.29) is 17.7 Å². The van der Waals surface area contributed by atoms with E-state index < -0.39 is 10.0 Å². The van der Waals surface area contributed by atoms with E-state index in [1.165, 1.54) is 0 Å². The van der Waals surface area contributed by atoms with Crippen molar-refractivity contribution in [3.05, 3.63) is 48.0 Å². The lowest BCUT2D eigenvalue weighted by molar-refractivity contribution is 0.0703. The minimum absolute atomic E-state index is 0.0389. The molecule has 3 rings (SSSR count). The first kappa shape index (κ1) is 20.3. The number of nitrogens with zero attached hydrogens (tertiary/aromatic N) is 3. The van der Waals surface area contributed by atoms with E-state index in [1.54, 1.807) is 42.3 Å². The minimum Gasteiger partial charge on any atom is -0.486 e. The zero-order chi connectivity index (χ0) is 20.1. The van der Waals surface area contributed by atoms with Crippen LogP contribution in [-0.2, 0) is 23.7 Å². The summed E-state index contributed by atoms with van der Waals surface area (Å²) >= 11 is 0. The minimum atomic E-state index is -3.28. The van der Waals surface area contributed by atoms with Gasteiger partial charge in [-0.3, -0.25) is 4.79 Å². The number of hydrogen-bond acceptors (Lipinski definition) is 5. The Kier molecular flexibility index (Phi) is 6.35. The van der Waals surface area contributed by atoms with E-state index in [1.807, 2.05) is 17.8 Å². The van der Waals surface area contributed by atoms with Gasteiger partial charge in [-0.2, -0.15) is 0 Å². The first-order valence-electron chi connectivity index (χ1n) is 9.36. The lowest BCUT2D eigenvalue weighted by Crippen LogP contribution is -2.49. The number of amides is 1. The van der Waals surface area contributed by atoms with Gasteiger partial charge in [0.2, 0.25) is 10.0 Å². The highest BCUT2D eigenvalue weighted by Gasteiger charge is 2.26. The molecule has 1 aromatic heterocycles. The number of sulfonamides is 1. The number of imidazole rings is 1. The van der Waals surface area contributed by atoms with Gasteiger partial charge >= 0.3 is 0 Å². The van der Waals surface area contributed by atoms with Crippen molar-refractivity contribution >= 4 is 15.9 Å². The highest BCUT2D eigenvalue weighted by molar-refractivity contribution is 7.89. The maximum Gasteiger partial charge on any atom is 0.253 e. The zero-order valence-corrected chi connectivity index (χ0v) is 17.0. The van der Waals surface area contributed by atoms with E-state index in [0.29, 0.717) is 31.0 Å². The summed E-state index contributed by atoms with van der Waals surface area (Å²) < 4.78 is 33.8. The molecule has 0 unspecified atom stereocenters. The molecule has 1 N–H and O–H groups in total. The molecular formula is C19H26N4O4S. The van der Waals surface area contributed by atoms with Crippen molar-refractivity contribution < 1.29 is 17.9 Å². The number of carbonyl (C=O) groups is 1. The molecule has 1 saturated heterocycles. The predicted molar refractivity (Wildman–Crippen MR) is 106 cm³/mol. The van der Waals surface area contributed by atoms with Crippen LogP contribution in [0.3, 0.4) is 0 Å². The van der Waals surface area contributed by atoms with Gasteiger partial charge in [-0.05, 0) is 44.0 Å². The zero-order valence-electron chi connectivity index (χ0n) is 16.2. The maximum atomic E-state index is 12.8. The quantitative estimate of drug-likeness (QED) is 0.753. The third-order valence-electron chi connectivity index (χ3n) is 4.83. The van der Waals surface area contributed by atoms with Crippen molar-refractivity contribution in [3.63, 3.8) is 0 Å². The van der Waals surface area contributed by atoms with Crippen LogP contribution >= 0.6 is 0 Å². The summed E-state index contributed by atoms with van der Waals surface area (Å²) in [6.07, 6.45) is 5.08. The van der Waals surface area contributed by atoms with Crippen LogP contribution in [0.2, 0.25) is 0 Å². The van der Waals surface area contributed by atoms with Gasteiger partial charge in [0.05, 0.1) is 5.75 Å². The van der Waals surface area contributed by atoms with Crippen molar-refractivity contribution in [2.75, 3.05) is 18.8 Å². The second-order valence-corrected chi connectivity index (χ2v) is 8.92. The fraction of sp³-hybridized carbons (Fsp3) is 0.474. The summed E-state index contributed by atoms with van der Waals surface area (Å²) in [7, 11) is -1.38. The molecule has 0 spiro atoms. The summed E-state index contributed by atoms with van der Waals surface area (Å²) in [5.41, 5.74) is 0.559. The van der Waals surface area contributed by atoms with Crippen molar-refractivity contribution in [3.8, 4) is 5.75 Å². The Morgan fingerprint density at radius 2 is 2.07 bits per heavy atom. The Morgan fingerprint density at radius 1 is 1.32 bits per heavy atom. The molecular weight excluding hydrogens is 380 g/mol. The fourth-order valence-electron chi connectivity index (χ4n) is 3.15. The van der Waals surface area contributed by atoms with Gasteiger partial charge in [0, 0.05) is 44.1 Å². The van der Waals surface area contributed by atoms with Gasteiger partial charge in [0.15, 0.2) is 0 Å². The second-order valence-electron chi connectivity index (χ2n) is 6.88. The van der Waals surface area contributed by atoms with E-state index >= 15 is 0 Å². The number of ether oxygens (including phenoxy) is 1. The number of likely N-dealkylation sites (tertiary alicyclic amines) is 1. The van der Waals surface area contributed by atoms with E-state index in [4.69, 9.17) is 4.74 Å². The molecule has 2 aromatic rings.